The van der Waals surface area contributed by atoms with Gasteiger partial charge in [0.15, 0.2) is 0 Å². The summed E-state index contributed by atoms with van der Waals surface area (Å²) < 4.78 is 7.41. The summed E-state index contributed by atoms with van der Waals surface area (Å²) in [6, 6.07) is 11.5. The van der Waals surface area contributed by atoms with E-state index < -0.39 is 5.60 Å². The molecule has 6 heterocycles. The number of β-amino-alcohol motifs (C(OH)–C–C–N with tert-alkyl or cyclic N) is 1. The lowest BCUT2D eigenvalue weighted by atomic mass is 9.90. The van der Waals surface area contributed by atoms with E-state index in [1.54, 1.807) is 0 Å². The van der Waals surface area contributed by atoms with Crippen LogP contribution in [0.4, 0.5) is 17.2 Å². The maximum atomic E-state index is 12.9. The van der Waals surface area contributed by atoms with Crippen molar-refractivity contribution in [1.82, 2.24) is 24.6 Å². The number of carbonyl (C=O) groups excluding carboxylic acids is 1. The van der Waals surface area contributed by atoms with E-state index in [1.165, 1.54) is 0 Å². The molecule has 11 heteroatoms. The van der Waals surface area contributed by atoms with Gasteiger partial charge in [0.25, 0.3) is 5.91 Å². The number of carbonyl (C=O) groups is 1. The van der Waals surface area contributed by atoms with Crippen LogP contribution in [0.15, 0.2) is 55.0 Å². The summed E-state index contributed by atoms with van der Waals surface area (Å²) in [5.74, 6) is 0.546. The van der Waals surface area contributed by atoms with Crippen molar-refractivity contribution in [3.8, 4) is 11.3 Å². The summed E-state index contributed by atoms with van der Waals surface area (Å²) in [5.41, 5.74) is 5.21. The number of anilines is 3. The molecule has 3 aliphatic heterocycles. The number of piperidine rings is 1. The summed E-state index contributed by atoms with van der Waals surface area (Å²) >= 11 is 6.14. The Labute approximate surface area is 242 Å². The molecule has 3 aliphatic rings. The zero-order valence-corrected chi connectivity index (χ0v) is 23.4. The Hall–Kier alpha value is -3.70. The molecule has 4 aromatic rings. The third kappa shape index (κ3) is 5.12. The fourth-order valence-corrected chi connectivity index (χ4v) is 6.30. The minimum Gasteiger partial charge on any atom is -0.388 e. The number of aliphatic hydroxyl groups is 1. The molecule has 0 radical (unpaired) electrons. The average molecular weight is 574 g/mol. The van der Waals surface area contributed by atoms with Gasteiger partial charge in [-0.15, -0.1) is 0 Å². The molecule has 1 amide bonds. The summed E-state index contributed by atoms with van der Waals surface area (Å²) in [4.78, 5) is 26.6. The number of halogens is 1. The van der Waals surface area contributed by atoms with Gasteiger partial charge < -0.3 is 25.4 Å². The highest BCUT2D eigenvalue weighted by Crippen LogP contribution is 2.36. The number of nitrogens with zero attached hydrogens (tertiary/aromatic N) is 5. The summed E-state index contributed by atoms with van der Waals surface area (Å²) in [6.07, 6.45) is 6.99. The summed E-state index contributed by atoms with van der Waals surface area (Å²) in [7, 11) is 0. The van der Waals surface area contributed by atoms with Crippen LogP contribution in [0, 0.1) is 0 Å². The summed E-state index contributed by atoms with van der Waals surface area (Å²) in [5, 5.41) is 18.1. The Morgan fingerprint density at radius 1 is 1.05 bits per heavy atom. The first-order chi connectivity index (χ1) is 20.0. The van der Waals surface area contributed by atoms with Gasteiger partial charge in [0, 0.05) is 62.1 Å². The number of hydrogen-bond donors (Lipinski definition) is 3. The van der Waals surface area contributed by atoms with E-state index in [-0.39, 0.29) is 5.91 Å². The number of imidazole rings is 1. The largest absolute Gasteiger partial charge is 0.388 e. The molecule has 0 saturated carbocycles. The molecule has 7 rings (SSSR count). The predicted octanol–water partition coefficient (Wildman–Crippen LogP) is 3.70. The number of ether oxygens (including phenoxy) is 1. The van der Waals surface area contributed by atoms with Crippen molar-refractivity contribution in [3.05, 3.63) is 71.1 Å². The molecule has 1 aromatic carbocycles. The van der Waals surface area contributed by atoms with Crippen LogP contribution in [0.25, 0.3) is 16.9 Å². The number of aromatic nitrogens is 3. The highest BCUT2D eigenvalue weighted by atomic mass is 35.5. The van der Waals surface area contributed by atoms with Crippen LogP contribution in [0.3, 0.4) is 0 Å². The first-order valence-electron chi connectivity index (χ1n) is 14.0. The number of nitrogens with one attached hydrogen (secondary N) is 2. The molecule has 2 saturated heterocycles. The normalized spacial score (nSPS) is 18.9. The highest BCUT2D eigenvalue weighted by Gasteiger charge is 2.34. The van der Waals surface area contributed by atoms with Crippen molar-refractivity contribution in [2.75, 3.05) is 56.2 Å². The van der Waals surface area contributed by atoms with E-state index in [1.807, 2.05) is 59.4 Å². The molecule has 0 atom stereocenters. The van der Waals surface area contributed by atoms with Crippen molar-refractivity contribution in [1.29, 1.82) is 0 Å². The van der Waals surface area contributed by atoms with Gasteiger partial charge in [-0.25, -0.2) is 9.97 Å². The predicted molar refractivity (Wildman–Crippen MR) is 158 cm³/mol. The van der Waals surface area contributed by atoms with E-state index in [0.717, 1.165) is 80.4 Å². The standard InChI is InChI=1S/C30H32ClN7O3/c31-20-5-8-38-25(18-33-27(38)15-20)22-2-3-24(28-23(22)17-34-29(28)39)35-26-4-1-21(16-32-26)37-9-6-30(40,7-10-37)19-36-11-13-41-14-12-36/h1-5,8,15-16,18,40H,6-7,9-14,17,19H2,(H,32,35)(H,34,39). The van der Waals surface area contributed by atoms with E-state index >= 15 is 0 Å². The molecular formula is C30H32ClN7O3. The molecule has 0 unspecified atom stereocenters. The Bertz CT molecular complexity index is 1590. The molecule has 3 aromatic heterocycles. The van der Waals surface area contributed by atoms with Crippen molar-refractivity contribution >= 4 is 40.3 Å². The van der Waals surface area contributed by atoms with Gasteiger partial charge in [-0.3, -0.25) is 14.1 Å². The summed E-state index contributed by atoms with van der Waals surface area (Å²) in [6.45, 7) is 5.95. The van der Waals surface area contributed by atoms with Crippen LogP contribution in [-0.4, -0.2) is 81.8 Å². The number of rotatable bonds is 6. The number of pyridine rings is 2. The minimum absolute atomic E-state index is 0.115. The lowest BCUT2D eigenvalue weighted by Crippen LogP contribution is -2.53. The van der Waals surface area contributed by atoms with E-state index in [0.29, 0.717) is 35.2 Å². The average Bonchev–Trinajstić information content (AvgIpc) is 3.58. The Morgan fingerprint density at radius 3 is 2.66 bits per heavy atom. The van der Waals surface area contributed by atoms with Crippen LogP contribution in [0.1, 0.15) is 28.8 Å². The lowest BCUT2D eigenvalue weighted by Gasteiger charge is -2.42. The fourth-order valence-electron chi connectivity index (χ4n) is 6.15. The second-order valence-corrected chi connectivity index (χ2v) is 11.5. The first kappa shape index (κ1) is 26.2. The maximum Gasteiger partial charge on any atom is 0.254 e. The first-order valence-corrected chi connectivity index (χ1v) is 14.4. The molecule has 212 valence electrons. The Balaban J connectivity index is 1.06. The molecule has 10 nitrogen and oxygen atoms in total. The van der Waals surface area contributed by atoms with E-state index in [9.17, 15) is 9.90 Å². The van der Waals surface area contributed by atoms with Crippen LogP contribution in [-0.2, 0) is 11.3 Å². The Morgan fingerprint density at radius 2 is 1.88 bits per heavy atom. The minimum atomic E-state index is -0.661. The van der Waals surface area contributed by atoms with Crippen LogP contribution < -0.4 is 15.5 Å². The van der Waals surface area contributed by atoms with Crippen LogP contribution in [0.5, 0.6) is 0 Å². The SMILES string of the molecule is O=C1NCc2c(-c3cnc4cc(Cl)ccn34)ccc(Nc3ccc(N4CCC(O)(CN5CCOCC5)CC4)cn3)c21. The molecule has 2 fully saturated rings. The van der Waals surface area contributed by atoms with Crippen molar-refractivity contribution in [3.63, 3.8) is 0 Å². The van der Waals surface area contributed by atoms with E-state index in [2.05, 4.69) is 30.4 Å². The number of fused-ring (bicyclic) bond motifs is 2. The number of amides is 1. The van der Waals surface area contributed by atoms with Gasteiger partial charge in [0.1, 0.15) is 11.5 Å². The molecular weight excluding hydrogens is 542 g/mol. The van der Waals surface area contributed by atoms with Crippen LogP contribution in [0.2, 0.25) is 5.02 Å². The van der Waals surface area contributed by atoms with Gasteiger partial charge in [-0.2, -0.15) is 0 Å². The topological polar surface area (TPSA) is 107 Å². The monoisotopic (exact) mass is 573 g/mol. The smallest absolute Gasteiger partial charge is 0.254 e. The molecule has 0 spiro atoms. The molecule has 0 aliphatic carbocycles. The molecule has 3 N–H and O–H groups in total. The number of morpholine rings is 1. The van der Waals surface area contributed by atoms with E-state index in [4.69, 9.17) is 16.3 Å². The maximum absolute atomic E-state index is 12.9. The van der Waals surface area contributed by atoms with Gasteiger partial charge in [0.05, 0.1) is 53.8 Å². The van der Waals surface area contributed by atoms with Crippen LogP contribution >= 0.6 is 11.6 Å². The quantitative estimate of drug-likeness (QED) is 0.321. The third-order valence-corrected chi connectivity index (χ3v) is 8.64. The second kappa shape index (κ2) is 10.6. The molecule has 0 bridgehead atoms. The van der Waals surface area contributed by atoms with Gasteiger partial charge in [-0.1, -0.05) is 17.7 Å². The van der Waals surface area contributed by atoms with Crippen molar-refractivity contribution in [2.45, 2.75) is 25.0 Å². The van der Waals surface area contributed by atoms with Crippen molar-refractivity contribution in [2.24, 2.45) is 0 Å². The zero-order valence-electron chi connectivity index (χ0n) is 22.6. The van der Waals surface area contributed by atoms with Gasteiger partial charge >= 0.3 is 0 Å². The Kier molecular flexibility index (Phi) is 6.78. The van der Waals surface area contributed by atoms with Gasteiger partial charge in [-0.05, 0) is 42.7 Å². The fraction of sp³-hybridized carbons (Fsp3) is 0.367. The second-order valence-electron chi connectivity index (χ2n) is 11.0. The lowest BCUT2D eigenvalue weighted by molar-refractivity contribution is -0.0440. The van der Waals surface area contributed by atoms with Gasteiger partial charge in [0.2, 0.25) is 0 Å². The zero-order chi connectivity index (χ0) is 28.0. The highest BCUT2D eigenvalue weighted by molar-refractivity contribution is 6.30. The van der Waals surface area contributed by atoms with Crippen molar-refractivity contribution < 1.29 is 14.6 Å². The number of hydrogen-bond acceptors (Lipinski definition) is 8. The molecule has 41 heavy (non-hydrogen) atoms. The number of benzene rings is 1. The third-order valence-electron chi connectivity index (χ3n) is 8.41.